The van der Waals surface area contributed by atoms with Crippen molar-refractivity contribution < 1.29 is 0 Å². The van der Waals surface area contributed by atoms with E-state index in [0.29, 0.717) is 17.0 Å². The number of aliphatic imine (C=N–C) groups is 1. The van der Waals surface area contributed by atoms with E-state index >= 15 is 0 Å². The average Bonchev–Trinajstić information content (AvgIpc) is 2.41. The van der Waals surface area contributed by atoms with Crippen LogP contribution in [0.1, 0.15) is 32.1 Å². The van der Waals surface area contributed by atoms with Crippen molar-refractivity contribution in [2.75, 3.05) is 5.32 Å². The van der Waals surface area contributed by atoms with E-state index in [1.54, 1.807) is 0 Å². The summed E-state index contributed by atoms with van der Waals surface area (Å²) in [6, 6.07) is 7.84. The van der Waals surface area contributed by atoms with Crippen molar-refractivity contribution in [1.29, 1.82) is 0 Å². The second-order valence-corrected chi connectivity index (χ2v) is 4.98. The van der Waals surface area contributed by atoms with Gasteiger partial charge in [0.2, 0.25) is 5.96 Å². The van der Waals surface area contributed by atoms with Crippen molar-refractivity contribution in [3.63, 3.8) is 0 Å². The van der Waals surface area contributed by atoms with Gasteiger partial charge in [0.25, 0.3) is 0 Å². The molecule has 18 heavy (non-hydrogen) atoms. The van der Waals surface area contributed by atoms with E-state index in [1.165, 1.54) is 19.3 Å². The molecule has 1 aliphatic carbocycles. The monoisotopic (exact) mass is 266 g/mol. The summed E-state index contributed by atoms with van der Waals surface area (Å²) in [6.45, 7) is 0. The normalized spacial score (nSPS) is 17.6. The lowest BCUT2D eigenvalue weighted by Gasteiger charge is -2.19. The lowest BCUT2D eigenvalue weighted by molar-refractivity contribution is 0.442. The number of nitrogens with zero attached hydrogens (tertiary/aromatic N) is 1. The van der Waals surface area contributed by atoms with Crippen molar-refractivity contribution in [3.8, 4) is 0 Å². The number of hydrazine groups is 1. The molecule has 4 N–H and O–H groups in total. The predicted molar refractivity (Wildman–Crippen MR) is 76.7 cm³/mol. The van der Waals surface area contributed by atoms with Crippen LogP contribution in [0.5, 0.6) is 0 Å². The van der Waals surface area contributed by atoms with Crippen LogP contribution in [-0.4, -0.2) is 12.0 Å². The SMILES string of the molecule is NNC(=NC1CCCCC1)Nc1ccc(Cl)cc1. The Labute approximate surface area is 113 Å². The van der Waals surface area contributed by atoms with Crippen molar-refractivity contribution >= 4 is 23.2 Å². The maximum absolute atomic E-state index is 5.84. The summed E-state index contributed by atoms with van der Waals surface area (Å²) < 4.78 is 0. The van der Waals surface area contributed by atoms with Gasteiger partial charge in [0.15, 0.2) is 0 Å². The molecule has 1 aliphatic rings. The minimum atomic E-state index is 0.379. The van der Waals surface area contributed by atoms with E-state index in [1.807, 2.05) is 24.3 Å². The van der Waals surface area contributed by atoms with E-state index in [4.69, 9.17) is 17.4 Å². The molecule has 0 radical (unpaired) electrons. The Morgan fingerprint density at radius 2 is 1.83 bits per heavy atom. The number of benzene rings is 1. The van der Waals surface area contributed by atoms with Crippen LogP contribution in [0.3, 0.4) is 0 Å². The Balaban J connectivity index is 1.99. The molecule has 0 heterocycles. The second kappa shape index (κ2) is 6.61. The Hall–Kier alpha value is -1.26. The molecule has 0 aromatic heterocycles. The van der Waals surface area contributed by atoms with Gasteiger partial charge in [-0.3, -0.25) is 5.43 Å². The molecule has 0 atom stereocenters. The van der Waals surface area contributed by atoms with Gasteiger partial charge in [0.05, 0.1) is 6.04 Å². The number of halogens is 1. The summed E-state index contributed by atoms with van der Waals surface area (Å²) in [4.78, 5) is 4.61. The quantitative estimate of drug-likeness (QED) is 0.334. The molecule has 98 valence electrons. The molecule has 5 heteroatoms. The summed E-state index contributed by atoms with van der Waals surface area (Å²) in [5, 5.41) is 3.87. The Morgan fingerprint density at radius 1 is 1.17 bits per heavy atom. The maximum Gasteiger partial charge on any atom is 0.210 e. The fourth-order valence-corrected chi connectivity index (χ4v) is 2.29. The largest absolute Gasteiger partial charge is 0.325 e. The van der Waals surface area contributed by atoms with Crippen molar-refractivity contribution in [1.82, 2.24) is 5.43 Å². The number of anilines is 1. The van der Waals surface area contributed by atoms with Crippen LogP contribution in [0.4, 0.5) is 5.69 Å². The van der Waals surface area contributed by atoms with Crippen molar-refractivity contribution in [2.45, 2.75) is 38.1 Å². The zero-order chi connectivity index (χ0) is 12.8. The molecule has 1 aromatic rings. The van der Waals surface area contributed by atoms with Gasteiger partial charge in [-0.15, -0.1) is 0 Å². The highest BCUT2D eigenvalue weighted by molar-refractivity contribution is 6.30. The minimum Gasteiger partial charge on any atom is -0.325 e. The van der Waals surface area contributed by atoms with E-state index in [0.717, 1.165) is 18.5 Å². The van der Waals surface area contributed by atoms with Crippen molar-refractivity contribution in [2.24, 2.45) is 10.8 Å². The zero-order valence-corrected chi connectivity index (χ0v) is 11.1. The van der Waals surface area contributed by atoms with E-state index in [2.05, 4.69) is 15.7 Å². The first-order valence-corrected chi connectivity index (χ1v) is 6.73. The number of hydrogen-bond donors (Lipinski definition) is 3. The number of hydrogen-bond acceptors (Lipinski definition) is 2. The lowest BCUT2D eigenvalue weighted by atomic mass is 9.96. The standard InChI is InChI=1S/C13H19ClN4/c14-10-6-8-12(9-7-10)17-13(18-15)16-11-4-2-1-3-5-11/h6-9,11H,1-5,15H2,(H2,16,17,18). The second-order valence-electron chi connectivity index (χ2n) is 4.55. The van der Waals surface area contributed by atoms with E-state index < -0.39 is 0 Å². The molecule has 0 unspecified atom stereocenters. The third kappa shape index (κ3) is 3.89. The fraction of sp³-hybridized carbons (Fsp3) is 0.462. The fourth-order valence-electron chi connectivity index (χ4n) is 2.17. The minimum absolute atomic E-state index is 0.379. The smallest absolute Gasteiger partial charge is 0.210 e. The topological polar surface area (TPSA) is 62.4 Å². The van der Waals surface area contributed by atoms with Gasteiger partial charge in [0, 0.05) is 10.7 Å². The molecule has 0 bridgehead atoms. The lowest BCUT2D eigenvalue weighted by Crippen LogP contribution is -2.37. The Morgan fingerprint density at radius 3 is 2.44 bits per heavy atom. The summed E-state index contributed by atoms with van der Waals surface area (Å²) in [5.41, 5.74) is 3.54. The summed E-state index contributed by atoms with van der Waals surface area (Å²) >= 11 is 5.84. The third-order valence-electron chi connectivity index (χ3n) is 3.13. The van der Waals surface area contributed by atoms with Crippen molar-refractivity contribution in [3.05, 3.63) is 29.3 Å². The van der Waals surface area contributed by atoms with Crippen LogP contribution in [0.15, 0.2) is 29.3 Å². The van der Waals surface area contributed by atoms with Gasteiger partial charge in [-0.2, -0.15) is 0 Å². The molecule has 2 rings (SSSR count). The van der Waals surface area contributed by atoms with Crippen LogP contribution >= 0.6 is 11.6 Å². The average molecular weight is 267 g/mol. The summed E-state index contributed by atoms with van der Waals surface area (Å²) in [7, 11) is 0. The van der Waals surface area contributed by atoms with Crippen LogP contribution < -0.4 is 16.6 Å². The highest BCUT2D eigenvalue weighted by Crippen LogP contribution is 2.20. The van der Waals surface area contributed by atoms with Gasteiger partial charge in [-0.25, -0.2) is 10.8 Å². The first-order valence-electron chi connectivity index (χ1n) is 6.35. The Kier molecular flexibility index (Phi) is 4.84. The predicted octanol–water partition coefficient (Wildman–Crippen LogP) is 2.90. The first-order chi connectivity index (χ1) is 8.78. The Bertz CT molecular complexity index is 396. The molecule has 1 saturated carbocycles. The molecular formula is C13H19ClN4. The van der Waals surface area contributed by atoms with Gasteiger partial charge < -0.3 is 5.32 Å². The van der Waals surface area contributed by atoms with Gasteiger partial charge in [0.1, 0.15) is 0 Å². The van der Waals surface area contributed by atoms with E-state index in [9.17, 15) is 0 Å². The highest BCUT2D eigenvalue weighted by Gasteiger charge is 2.12. The molecule has 0 spiro atoms. The maximum atomic E-state index is 5.84. The number of nitrogens with one attached hydrogen (secondary N) is 2. The van der Waals surface area contributed by atoms with Gasteiger partial charge >= 0.3 is 0 Å². The molecular weight excluding hydrogens is 248 g/mol. The zero-order valence-electron chi connectivity index (χ0n) is 10.3. The van der Waals surface area contributed by atoms with Crippen LogP contribution in [0, 0.1) is 0 Å². The third-order valence-corrected chi connectivity index (χ3v) is 3.38. The number of guanidine groups is 1. The van der Waals surface area contributed by atoms with Crippen LogP contribution in [-0.2, 0) is 0 Å². The molecule has 1 aromatic carbocycles. The molecule has 0 amide bonds. The van der Waals surface area contributed by atoms with Crippen LogP contribution in [0.2, 0.25) is 5.02 Å². The molecule has 1 fully saturated rings. The van der Waals surface area contributed by atoms with Gasteiger partial charge in [-0.05, 0) is 37.1 Å². The number of rotatable bonds is 2. The molecule has 4 nitrogen and oxygen atoms in total. The molecule has 0 aliphatic heterocycles. The number of nitrogens with two attached hydrogens (primary N) is 1. The van der Waals surface area contributed by atoms with Crippen LogP contribution in [0.25, 0.3) is 0 Å². The highest BCUT2D eigenvalue weighted by atomic mass is 35.5. The van der Waals surface area contributed by atoms with E-state index in [-0.39, 0.29) is 0 Å². The first kappa shape index (κ1) is 13.2. The molecule has 0 saturated heterocycles. The summed E-state index contributed by atoms with van der Waals surface area (Å²) in [5.74, 6) is 6.11. The summed E-state index contributed by atoms with van der Waals surface area (Å²) in [6.07, 6.45) is 6.13. The van der Waals surface area contributed by atoms with Gasteiger partial charge in [-0.1, -0.05) is 30.9 Å².